The van der Waals surface area contributed by atoms with Crippen LogP contribution in [0.25, 0.3) is 0 Å². The number of unbranched alkanes of at least 4 members (excludes halogenated alkanes) is 6. The van der Waals surface area contributed by atoms with Gasteiger partial charge in [0.05, 0.1) is 23.3 Å². The van der Waals surface area contributed by atoms with Gasteiger partial charge in [-0.1, -0.05) is 74.0 Å². The number of ether oxygens (including phenoxy) is 2. The minimum atomic E-state index is -0.264. The van der Waals surface area contributed by atoms with Crippen LogP contribution in [0, 0.1) is 0 Å². The molecule has 0 spiro atoms. The van der Waals surface area contributed by atoms with Gasteiger partial charge in [0, 0.05) is 9.79 Å². The molecule has 2 aromatic rings. The zero-order valence-electron chi connectivity index (χ0n) is 22.3. The topological polar surface area (TPSA) is 52.6 Å². The zero-order valence-corrected chi connectivity index (χ0v) is 23.9. The van der Waals surface area contributed by atoms with E-state index in [1.807, 2.05) is 62.4 Å². The van der Waals surface area contributed by atoms with Crippen molar-refractivity contribution in [2.24, 2.45) is 0 Å². The van der Waals surface area contributed by atoms with Crippen LogP contribution in [-0.4, -0.2) is 24.1 Å². The van der Waals surface area contributed by atoms with Crippen LogP contribution in [-0.2, 0) is 9.47 Å². The van der Waals surface area contributed by atoms with Gasteiger partial charge >= 0.3 is 11.9 Å². The van der Waals surface area contributed by atoms with Crippen LogP contribution < -0.4 is 0 Å². The summed E-state index contributed by atoms with van der Waals surface area (Å²) in [6, 6.07) is 15.0. The number of esters is 2. The third-order valence-electron chi connectivity index (χ3n) is 5.96. The summed E-state index contributed by atoms with van der Waals surface area (Å²) in [5.41, 5.74) is 1.15. The Morgan fingerprint density at radius 1 is 0.611 bits per heavy atom. The third kappa shape index (κ3) is 11.9. The molecular weight excluding hydrogens is 488 g/mol. The highest BCUT2D eigenvalue weighted by molar-refractivity contribution is 8.76. The van der Waals surface area contributed by atoms with Crippen molar-refractivity contribution >= 4 is 33.5 Å². The summed E-state index contributed by atoms with van der Waals surface area (Å²) >= 11 is 0. The first-order chi connectivity index (χ1) is 17.4. The van der Waals surface area contributed by atoms with E-state index in [1.165, 1.54) is 38.5 Å². The number of carbonyl (C=O) groups is 2. The summed E-state index contributed by atoms with van der Waals surface area (Å²) in [5, 5.41) is 0. The smallest absolute Gasteiger partial charge is 0.338 e. The van der Waals surface area contributed by atoms with Crippen molar-refractivity contribution in [3.63, 3.8) is 0 Å². The largest absolute Gasteiger partial charge is 0.459 e. The van der Waals surface area contributed by atoms with E-state index in [9.17, 15) is 9.59 Å². The van der Waals surface area contributed by atoms with E-state index in [2.05, 4.69) is 13.8 Å². The Labute approximate surface area is 225 Å². The van der Waals surface area contributed by atoms with E-state index in [4.69, 9.17) is 9.47 Å². The second-order valence-electron chi connectivity index (χ2n) is 9.35. The van der Waals surface area contributed by atoms with E-state index < -0.39 is 0 Å². The fourth-order valence-electron chi connectivity index (χ4n) is 3.73. The quantitative estimate of drug-likeness (QED) is 0.115. The molecule has 2 aromatic carbocycles. The van der Waals surface area contributed by atoms with E-state index in [1.54, 1.807) is 21.6 Å². The monoisotopic (exact) mass is 530 g/mol. The number of hydrogen-bond donors (Lipinski definition) is 0. The van der Waals surface area contributed by atoms with Crippen LogP contribution in [0.4, 0.5) is 0 Å². The van der Waals surface area contributed by atoms with Gasteiger partial charge in [0.1, 0.15) is 0 Å². The summed E-state index contributed by atoms with van der Waals surface area (Å²) in [4.78, 5) is 26.9. The lowest BCUT2D eigenvalue weighted by atomic mass is 10.1. The van der Waals surface area contributed by atoms with Gasteiger partial charge in [-0.2, -0.15) is 0 Å². The fourth-order valence-corrected chi connectivity index (χ4v) is 5.66. The molecule has 0 N–H and O–H groups in total. The molecule has 0 saturated carbocycles. The van der Waals surface area contributed by atoms with Crippen LogP contribution in [0.5, 0.6) is 0 Å². The molecule has 0 aliphatic heterocycles. The van der Waals surface area contributed by atoms with Crippen LogP contribution in [0.15, 0.2) is 58.3 Å². The van der Waals surface area contributed by atoms with E-state index >= 15 is 0 Å². The van der Waals surface area contributed by atoms with Crippen molar-refractivity contribution in [1.82, 2.24) is 0 Å². The van der Waals surface area contributed by atoms with Crippen molar-refractivity contribution in [2.45, 2.75) is 114 Å². The number of benzene rings is 2. The van der Waals surface area contributed by atoms with E-state index in [0.29, 0.717) is 11.1 Å². The molecule has 0 amide bonds. The van der Waals surface area contributed by atoms with Crippen LogP contribution in [0.3, 0.4) is 0 Å². The van der Waals surface area contributed by atoms with Crippen molar-refractivity contribution in [3.05, 3.63) is 59.7 Å². The molecule has 0 aromatic heterocycles. The van der Waals surface area contributed by atoms with Gasteiger partial charge in [0.15, 0.2) is 0 Å². The molecule has 6 heteroatoms. The fraction of sp³-hybridized carbons (Fsp3) is 0.533. The molecule has 0 radical (unpaired) electrons. The third-order valence-corrected chi connectivity index (χ3v) is 8.38. The highest BCUT2D eigenvalue weighted by atomic mass is 33.1. The Bertz CT molecular complexity index is 821. The second kappa shape index (κ2) is 17.5. The highest BCUT2D eigenvalue weighted by Crippen LogP contribution is 2.37. The summed E-state index contributed by atoms with van der Waals surface area (Å²) < 4.78 is 11.2. The van der Waals surface area contributed by atoms with Gasteiger partial charge in [-0.25, -0.2) is 9.59 Å². The minimum absolute atomic E-state index is 0.0618. The maximum Gasteiger partial charge on any atom is 0.338 e. The predicted octanol–water partition coefficient (Wildman–Crippen LogP) is 9.52. The Balaban J connectivity index is 1.75. The summed E-state index contributed by atoms with van der Waals surface area (Å²) in [7, 11) is 3.22. The van der Waals surface area contributed by atoms with Crippen LogP contribution in [0.2, 0.25) is 0 Å². The first-order valence-corrected chi connectivity index (χ1v) is 15.5. The number of hydrogen-bond acceptors (Lipinski definition) is 6. The van der Waals surface area contributed by atoms with Crippen molar-refractivity contribution in [2.75, 3.05) is 0 Å². The molecule has 198 valence electrons. The average molecular weight is 531 g/mol. The van der Waals surface area contributed by atoms with Crippen LogP contribution in [0.1, 0.15) is 113 Å². The van der Waals surface area contributed by atoms with Crippen molar-refractivity contribution < 1.29 is 19.1 Å². The average Bonchev–Trinajstić information content (AvgIpc) is 2.88. The number of rotatable bonds is 17. The first kappa shape index (κ1) is 30.3. The molecule has 0 bridgehead atoms. The zero-order chi connectivity index (χ0) is 26.2. The minimum Gasteiger partial charge on any atom is -0.459 e. The van der Waals surface area contributed by atoms with Gasteiger partial charge in [0.25, 0.3) is 0 Å². The molecule has 0 heterocycles. The molecule has 4 nitrogen and oxygen atoms in total. The Kier molecular flexibility index (Phi) is 14.7. The van der Waals surface area contributed by atoms with Crippen molar-refractivity contribution in [1.29, 1.82) is 0 Å². The molecule has 0 aliphatic carbocycles. The summed E-state index contributed by atoms with van der Waals surface area (Å²) in [5.74, 6) is -0.528. The summed E-state index contributed by atoms with van der Waals surface area (Å²) in [6.07, 6.45) is 11.1. The lowest BCUT2D eigenvalue weighted by Gasteiger charge is -2.13. The Morgan fingerprint density at radius 2 is 0.972 bits per heavy atom. The normalized spacial score (nSPS) is 12.7. The van der Waals surface area contributed by atoms with Gasteiger partial charge in [-0.05, 0) is 88.1 Å². The van der Waals surface area contributed by atoms with E-state index in [-0.39, 0.29) is 24.1 Å². The Morgan fingerprint density at radius 3 is 1.31 bits per heavy atom. The highest BCUT2D eigenvalue weighted by Gasteiger charge is 2.13. The predicted molar refractivity (Wildman–Crippen MR) is 152 cm³/mol. The van der Waals surface area contributed by atoms with Gasteiger partial charge < -0.3 is 9.47 Å². The maximum absolute atomic E-state index is 12.4. The molecule has 0 saturated heterocycles. The van der Waals surface area contributed by atoms with Crippen LogP contribution >= 0.6 is 21.6 Å². The van der Waals surface area contributed by atoms with Gasteiger partial charge in [-0.3, -0.25) is 0 Å². The SMILES string of the molecule is CCCCCCC(C)OC(=O)c1ccc(SSc2ccc(C(=O)OC(C)CCCCCC)cc2)cc1. The van der Waals surface area contributed by atoms with Crippen molar-refractivity contribution in [3.8, 4) is 0 Å². The molecule has 2 unspecified atom stereocenters. The second-order valence-corrected chi connectivity index (χ2v) is 11.6. The first-order valence-electron chi connectivity index (χ1n) is 13.4. The molecule has 0 fully saturated rings. The Hall–Kier alpha value is -1.92. The standard InChI is InChI=1S/C30H42O4S2/c1-5-7-9-11-13-23(3)33-29(31)25-15-19-27(20-16-25)35-36-28-21-17-26(18-22-28)30(32)34-24(4)14-12-10-8-6-2/h15-24H,5-14H2,1-4H3. The molecule has 36 heavy (non-hydrogen) atoms. The molecule has 0 aliphatic rings. The lowest BCUT2D eigenvalue weighted by Crippen LogP contribution is -2.15. The number of carbonyl (C=O) groups excluding carboxylic acids is 2. The van der Waals surface area contributed by atoms with Gasteiger partial charge in [0.2, 0.25) is 0 Å². The van der Waals surface area contributed by atoms with E-state index in [0.717, 1.165) is 35.5 Å². The van der Waals surface area contributed by atoms with Gasteiger partial charge in [-0.15, -0.1) is 0 Å². The molecule has 2 rings (SSSR count). The lowest BCUT2D eigenvalue weighted by molar-refractivity contribution is 0.0309. The molecular formula is C30H42O4S2. The maximum atomic E-state index is 12.4. The summed E-state index contributed by atoms with van der Waals surface area (Å²) in [6.45, 7) is 8.31. The molecule has 2 atom stereocenters.